The molecule has 0 aliphatic carbocycles. The summed E-state index contributed by atoms with van der Waals surface area (Å²) in [5.41, 5.74) is 1.19. The Morgan fingerprint density at radius 1 is 1.40 bits per heavy atom. The summed E-state index contributed by atoms with van der Waals surface area (Å²) in [6.07, 6.45) is 1.07. The largest absolute Gasteiger partial charge is 0.302 e. The zero-order valence-electron chi connectivity index (χ0n) is 10.6. The number of amides is 1. The molecule has 0 bridgehead atoms. The minimum Gasteiger partial charge on any atom is -0.302 e. The molecular weight excluding hydrogens is 302 g/mol. The fourth-order valence-electron chi connectivity index (χ4n) is 1.51. The van der Waals surface area contributed by atoms with E-state index in [-0.39, 0.29) is 10.8 Å². The van der Waals surface area contributed by atoms with Crippen LogP contribution in [0.5, 0.6) is 0 Å². The first-order chi connectivity index (χ1) is 9.27. The van der Waals surface area contributed by atoms with Crippen molar-refractivity contribution in [1.82, 2.24) is 9.97 Å². The van der Waals surface area contributed by atoms with Crippen LogP contribution in [0.25, 0.3) is 10.6 Å². The van der Waals surface area contributed by atoms with Gasteiger partial charge in [0, 0.05) is 13.1 Å². The second-order valence-electron chi connectivity index (χ2n) is 3.97. The normalized spacial score (nSPS) is 11.3. The van der Waals surface area contributed by atoms with Gasteiger partial charge in [-0.1, -0.05) is 11.3 Å². The van der Waals surface area contributed by atoms with E-state index < -0.39 is 10.1 Å². The molecule has 2 heterocycles. The Balaban J connectivity index is 2.37. The van der Waals surface area contributed by atoms with Gasteiger partial charge in [0.25, 0.3) is 10.1 Å². The van der Waals surface area contributed by atoms with E-state index in [1.54, 1.807) is 6.92 Å². The Morgan fingerprint density at radius 3 is 2.60 bits per heavy atom. The number of pyridine rings is 1. The Bertz CT molecular complexity index is 750. The number of nitrogens with zero attached hydrogens (tertiary/aromatic N) is 2. The number of hydrogen-bond donors (Lipinski definition) is 2. The molecule has 0 spiro atoms. The van der Waals surface area contributed by atoms with Crippen LogP contribution in [-0.4, -0.2) is 28.8 Å². The number of thiazole rings is 1. The quantitative estimate of drug-likeness (QED) is 0.835. The molecule has 106 valence electrons. The van der Waals surface area contributed by atoms with Gasteiger partial charge in [-0.3, -0.25) is 14.3 Å². The average Bonchev–Trinajstić information content (AvgIpc) is 2.68. The smallest absolute Gasteiger partial charge is 0.296 e. The molecule has 0 atom stereocenters. The maximum absolute atomic E-state index is 11.0. The summed E-state index contributed by atoms with van der Waals surface area (Å²) >= 11 is 1.24. The van der Waals surface area contributed by atoms with E-state index in [0.29, 0.717) is 16.5 Å². The molecule has 0 aliphatic rings. The van der Waals surface area contributed by atoms with Crippen molar-refractivity contribution < 1.29 is 17.8 Å². The first-order valence-corrected chi connectivity index (χ1v) is 7.72. The third kappa shape index (κ3) is 3.18. The number of carbonyl (C=O) groups excluding carboxylic acids is 1. The van der Waals surface area contributed by atoms with Crippen LogP contribution < -0.4 is 5.32 Å². The van der Waals surface area contributed by atoms with Gasteiger partial charge in [-0.05, 0) is 19.1 Å². The molecule has 2 aromatic heterocycles. The van der Waals surface area contributed by atoms with Crippen LogP contribution in [-0.2, 0) is 14.9 Å². The van der Waals surface area contributed by atoms with Crippen molar-refractivity contribution in [3.8, 4) is 10.6 Å². The number of carbonyl (C=O) groups is 1. The van der Waals surface area contributed by atoms with Crippen LogP contribution in [0.15, 0.2) is 23.2 Å². The van der Waals surface area contributed by atoms with Crippen LogP contribution >= 0.6 is 11.3 Å². The van der Waals surface area contributed by atoms with Gasteiger partial charge in [0.2, 0.25) is 5.91 Å². The summed E-state index contributed by atoms with van der Waals surface area (Å²) < 4.78 is 30.7. The third-order valence-corrected chi connectivity index (χ3v) is 4.28. The van der Waals surface area contributed by atoms with E-state index in [4.69, 9.17) is 4.55 Å². The van der Waals surface area contributed by atoms with E-state index in [0.717, 1.165) is 11.1 Å². The van der Waals surface area contributed by atoms with Crippen molar-refractivity contribution in [2.45, 2.75) is 18.7 Å². The molecule has 7 nitrogen and oxygen atoms in total. The maximum atomic E-state index is 11.0. The van der Waals surface area contributed by atoms with Gasteiger partial charge in [-0.2, -0.15) is 8.42 Å². The SMILES string of the molecule is CC(=O)Nc1nc(C)c(-c2ccc(S(=O)(=O)O)cn2)s1. The molecule has 1 amide bonds. The molecule has 0 radical (unpaired) electrons. The minimum atomic E-state index is -4.25. The van der Waals surface area contributed by atoms with E-state index in [9.17, 15) is 13.2 Å². The Hall–Kier alpha value is -1.84. The number of aryl methyl sites for hydroxylation is 1. The zero-order chi connectivity index (χ0) is 14.9. The highest BCUT2D eigenvalue weighted by Crippen LogP contribution is 2.31. The molecule has 0 unspecified atom stereocenters. The molecule has 0 aliphatic heterocycles. The van der Waals surface area contributed by atoms with Crippen molar-refractivity contribution in [1.29, 1.82) is 0 Å². The summed E-state index contributed by atoms with van der Waals surface area (Å²) in [5, 5.41) is 3.03. The van der Waals surface area contributed by atoms with E-state index >= 15 is 0 Å². The number of nitrogens with one attached hydrogen (secondary N) is 1. The summed E-state index contributed by atoms with van der Waals surface area (Å²) in [4.78, 5) is 19.6. The lowest BCUT2D eigenvalue weighted by Gasteiger charge is -1.99. The molecule has 2 N–H and O–H groups in total. The maximum Gasteiger partial charge on any atom is 0.296 e. The van der Waals surface area contributed by atoms with Crippen molar-refractivity contribution >= 4 is 32.5 Å². The number of hydrogen-bond acceptors (Lipinski definition) is 6. The lowest BCUT2D eigenvalue weighted by molar-refractivity contribution is -0.114. The van der Waals surface area contributed by atoms with E-state index in [2.05, 4.69) is 15.3 Å². The predicted octanol–water partition coefficient (Wildman–Crippen LogP) is 1.72. The highest BCUT2D eigenvalue weighted by Gasteiger charge is 2.14. The minimum absolute atomic E-state index is 0.222. The topological polar surface area (TPSA) is 109 Å². The molecular formula is C11H11N3O4S2. The summed E-state index contributed by atoms with van der Waals surface area (Å²) in [6, 6.07) is 2.73. The fraction of sp³-hybridized carbons (Fsp3) is 0.182. The molecule has 2 aromatic rings. The van der Waals surface area contributed by atoms with E-state index in [1.165, 1.54) is 30.4 Å². The van der Waals surface area contributed by atoms with Gasteiger partial charge in [-0.15, -0.1) is 0 Å². The van der Waals surface area contributed by atoms with Gasteiger partial charge in [0.05, 0.1) is 16.3 Å². The lowest BCUT2D eigenvalue weighted by Crippen LogP contribution is -2.04. The van der Waals surface area contributed by atoms with Gasteiger partial charge >= 0.3 is 0 Å². The summed E-state index contributed by atoms with van der Waals surface area (Å²) in [7, 11) is -4.25. The molecule has 0 saturated heterocycles. The van der Waals surface area contributed by atoms with Crippen LogP contribution in [0.3, 0.4) is 0 Å². The molecule has 20 heavy (non-hydrogen) atoms. The molecule has 0 saturated carbocycles. The second kappa shape index (κ2) is 5.27. The van der Waals surface area contributed by atoms with Gasteiger partial charge < -0.3 is 5.32 Å². The van der Waals surface area contributed by atoms with Crippen molar-refractivity contribution in [3.63, 3.8) is 0 Å². The first-order valence-electron chi connectivity index (χ1n) is 5.46. The van der Waals surface area contributed by atoms with Crippen molar-refractivity contribution in [3.05, 3.63) is 24.0 Å². The fourth-order valence-corrected chi connectivity index (χ4v) is 2.92. The van der Waals surface area contributed by atoms with Crippen LogP contribution in [0.4, 0.5) is 5.13 Å². The van der Waals surface area contributed by atoms with Gasteiger partial charge in [0.15, 0.2) is 5.13 Å². The highest BCUT2D eigenvalue weighted by molar-refractivity contribution is 7.85. The number of anilines is 1. The number of rotatable bonds is 3. The van der Waals surface area contributed by atoms with Crippen molar-refractivity contribution in [2.24, 2.45) is 0 Å². The Morgan fingerprint density at radius 2 is 2.10 bits per heavy atom. The first kappa shape index (κ1) is 14.6. The summed E-state index contributed by atoms with van der Waals surface area (Å²) in [6.45, 7) is 3.14. The Kier molecular flexibility index (Phi) is 3.84. The molecule has 0 fully saturated rings. The van der Waals surface area contributed by atoms with Gasteiger partial charge in [-0.25, -0.2) is 4.98 Å². The average molecular weight is 313 g/mol. The van der Waals surface area contributed by atoms with Crippen LogP contribution in [0.1, 0.15) is 12.6 Å². The number of aromatic nitrogens is 2. The lowest BCUT2D eigenvalue weighted by atomic mass is 10.3. The second-order valence-corrected chi connectivity index (χ2v) is 6.39. The predicted molar refractivity (Wildman–Crippen MR) is 74.2 cm³/mol. The highest BCUT2D eigenvalue weighted by atomic mass is 32.2. The standard InChI is InChI=1S/C11H11N3O4S2/c1-6-10(19-11(13-6)14-7(2)15)9-4-3-8(5-12-9)20(16,17)18/h3-5H,1-2H3,(H,13,14,15)(H,16,17,18). The van der Waals surface area contributed by atoms with E-state index in [1.807, 2.05) is 0 Å². The molecule has 2 rings (SSSR count). The zero-order valence-corrected chi connectivity index (χ0v) is 12.2. The summed E-state index contributed by atoms with van der Waals surface area (Å²) in [5.74, 6) is -0.222. The monoisotopic (exact) mass is 313 g/mol. The van der Waals surface area contributed by atoms with Gasteiger partial charge in [0.1, 0.15) is 4.90 Å². The van der Waals surface area contributed by atoms with Crippen LogP contribution in [0, 0.1) is 6.92 Å². The van der Waals surface area contributed by atoms with Crippen LogP contribution in [0.2, 0.25) is 0 Å². The Labute approximate surface area is 119 Å². The molecule has 0 aromatic carbocycles. The third-order valence-electron chi connectivity index (χ3n) is 2.35. The molecule has 9 heteroatoms. The van der Waals surface area contributed by atoms with Crippen molar-refractivity contribution in [2.75, 3.05) is 5.32 Å².